The highest BCUT2D eigenvalue weighted by atomic mass is 16.5. The minimum atomic E-state index is -0.0206. The van der Waals surface area contributed by atoms with Gasteiger partial charge in [0.1, 0.15) is 5.82 Å². The third kappa shape index (κ3) is 4.32. The van der Waals surface area contributed by atoms with Gasteiger partial charge in [-0.3, -0.25) is 9.69 Å². The smallest absolute Gasteiger partial charge is 0.227 e. The number of hydrogen-bond acceptors (Lipinski definition) is 7. The highest BCUT2D eigenvalue weighted by Gasteiger charge is 2.42. The average Bonchev–Trinajstić information content (AvgIpc) is 2.82. The maximum atomic E-state index is 12.5. The predicted octanol–water partition coefficient (Wildman–Crippen LogP) is 0.692. The molecule has 3 rings (SSSR count). The highest BCUT2D eigenvalue weighted by Crippen LogP contribution is 2.33. The molecule has 8 heteroatoms. The van der Waals surface area contributed by atoms with Crippen molar-refractivity contribution in [1.82, 2.24) is 19.8 Å². The molecule has 0 bridgehead atoms. The summed E-state index contributed by atoms with van der Waals surface area (Å²) in [5, 5.41) is 0. The molecule has 1 amide bonds. The summed E-state index contributed by atoms with van der Waals surface area (Å²) in [5.41, 5.74) is -0.0206. The minimum Gasteiger partial charge on any atom is -0.383 e. The fourth-order valence-electron chi connectivity index (χ4n) is 4.04. The lowest BCUT2D eigenvalue weighted by atomic mass is 9.86. The summed E-state index contributed by atoms with van der Waals surface area (Å²) in [6, 6.07) is 1.92. The van der Waals surface area contributed by atoms with Crippen LogP contribution in [0.15, 0.2) is 12.3 Å². The SMILES string of the molecule is COCCN1CC[C@]2(CCC1=O)CN(c1nccc(N(C)C)n1)CCN2C. The van der Waals surface area contributed by atoms with Crippen LogP contribution in [0.1, 0.15) is 19.3 Å². The van der Waals surface area contributed by atoms with Crippen LogP contribution in [0.4, 0.5) is 11.8 Å². The molecule has 0 aromatic carbocycles. The van der Waals surface area contributed by atoms with E-state index in [0.29, 0.717) is 19.6 Å². The number of nitrogens with zero attached hydrogens (tertiary/aromatic N) is 6. The molecule has 1 aromatic heterocycles. The summed E-state index contributed by atoms with van der Waals surface area (Å²) in [5.74, 6) is 1.93. The number of ether oxygens (including phenoxy) is 1. The van der Waals surface area contributed by atoms with E-state index in [1.807, 2.05) is 36.2 Å². The third-order valence-corrected chi connectivity index (χ3v) is 5.94. The second kappa shape index (κ2) is 8.39. The molecular formula is C19H32N6O2. The van der Waals surface area contributed by atoms with Crippen molar-refractivity contribution in [2.45, 2.75) is 24.8 Å². The summed E-state index contributed by atoms with van der Waals surface area (Å²) in [6.07, 6.45) is 4.24. The van der Waals surface area contributed by atoms with Crippen LogP contribution in [-0.4, -0.2) is 98.8 Å². The number of methoxy groups -OCH3 is 1. The van der Waals surface area contributed by atoms with Crippen LogP contribution in [0.3, 0.4) is 0 Å². The molecule has 0 radical (unpaired) electrons. The van der Waals surface area contributed by atoms with E-state index in [2.05, 4.69) is 21.8 Å². The molecule has 150 valence electrons. The number of carbonyl (C=O) groups excluding carboxylic acids is 1. The topological polar surface area (TPSA) is 65.0 Å². The summed E-state index contributed by atoms with van der Waals surface area (Å²) in [7, 11) is 7.84. The second-order valence-electron chi connectivity index (χ2n) is 7.80. The molecule has 2 fully saturated rings. The Kier molecular flexibility index (Phi) is 6.16. The number of aromatic nitrogens is 2. The van der Waals surface area contributed by atoms with Gasteiger partial charge in [-0.15, -0.1) is 0 Å². The summed E-state index contributed by atoms with van der Waals surface area (Å²) in [6.45, 7) is 4.74. The van der Waals surface area contributed by atoms with Gasteiger partial charge in [-0.2, -0.15) is 4.98 Å². The maximum Gasteiger partial charge on any atom is 0.227 e. The van der Waals surface area contributed by atoms with Crippen LogP contribution in [0.5, 0.6) is 0 Å². The van der Waals surface area contributed by atoms with Crippen LogP contribution < -0.4 is 9.80 Å². The number of anilines is 2. The van der Waals surface area contributed by atoms with Crippen molar-refractivity contribution in [3.8, 4) is 0 Å². The first-order valence-electron chi connectivity index (χ1n) is 9.68. The van der Waals surface area contributed by atoms with Crippen LogP contribution in [0.2, 0.25) is 0 Å². The van der Waals surface area contributed by atoms with Gasteiger partial charge in [0, 0.05) is 72.1 Å². The number of piperazine rings is 1. The summed E-state index contributed by atoms with van der Waals surface area (Å²) >= 11 is 0. The molecule has 8 nitrogen and oxygen atoms in total. The summed E-state index contributed by atoms with van der Waals surface area (Å²) in [4.78, 5) is 30.4. The lowest BCUT2D eigenvalue weighted by Gasteiger charge is -2.49. The van der Waals surface area contributed by atoms with Gasteiger partial charge in [-0.1, -0.05) is 0 Å². The molecule has 27 heavy (non-hydrogen) atoms. The van der Waals surface area contributed by atoms with Crippen LogP contribution in [0.25, 0.3) is 0 Å². The Hall–Kier alpha value is -1.93. The number of amides is 1. The number of likely N-dealkylation sites (N-methyl/N-ethyl adjacent to an activating group) is 1. The van der Waals surface area contributed by atoms with Gasteiger partial charge >= 0.3 is 0 Å². The fraction of sp³-hybridized carbons (Fsp3) is 0.737. The molecule has 1 atom stereocenters. The molecule has 0 N–H and O–H groups in total. The van der Waals surface area contributed by atoms with E-state index >= 15 is 0 Å². The molecule has 0 saturated carbocycles. The third-order valence-electron chi connectivity index (χ3n) is 5.94. The monoisotopic (exact) mass is 376 g/mol. The first-order chi connectivity index (χ1) is 12.9. The molecule has 2 aliphatic rings. The van der Waals surface area contributed by atoms with Gasteiger partial charge in [-0.25, -0.2) is 4.98 Å². The average molecular weight is 377 g/mol. The van der Waals surface area contributed by atoms with E-state index < -0.39 is 0 Å². The van der Waals surface area contributed by atoms with E-state index in [1.54, 1.807) is 7.11 Å². The van der Waals surface area contributed by atoms with Gasteiger partial charge in [0.2, 0.25) is 11.9 Å². The Balaban J connectivity index is 1.76. The maximum absolute atomic E-state index is 12.5. The minimum absolute atomic E-state index is 0.0206. The molecule has 0 unspecified atom stereocenters. The molecule has 2 aliphatic heterocycles. The van der Waals surface area contributed by atoms with Gasteiger partial charge in [0.25, 0.3) is 0 Å². The van der Waals surface area contributed by atoms with E-state index in [0.717, 1.165) is 50.8 Å². The first kappa shape index (κ1) is 19.8. The quantitative estimate of drug-likeness (QED) is 0.749. The number of rotatable bonds is 5. The zero-order chi connectivity index (χ0) is 19.4. The van der Waals surface area contributed by atoms with Crippen molar-refractivity contribution >= 4 is 17.7 Å². The molecule has 0 aliphatic carbocycles. The molecular weight excluding hydrogens is 344 g/mol. The zero-order valence-electron chi connectivity index (χ0n) is 17.0. The van der Waals surface area contributed by atoms with Crippen molar-refractivity contribution < 1.29 is 9.53 Å². The van der Waals surface area contributed by atoms with Crippen LogP contribution in [-0.2, 0) is 9.53 Å². The lowest BCUT2D eigenvalue weighted by Crippen LogP contribution is -2.61. The first-order valence-corrected chi connectivity index (χ1v) is 9.68. The molecule has 3 heterocycles. The van der Waals surface area contributed by atoms with Crippen molar-refractivity contribution in [2.75, 3.05) is 77.4 Å². The Morgan fingerprint density at radius 3 is 2.81 bits per heavy atom. The largest absolute Gasteiger partial charge is 0.383 e. The van der Waals surface area contributed by atoms with E-state index in [-0.39, 0.29) is 11.4 Å². The van der Waals surface area contributed by atoms with Crippen molar-refractivity contribution in [1.29, 1.82) is 0 Å². The second-order valence-corrected chi connectivity index (χ2v) is 7.80. The molecule has 1 spiro atoms. The lowest BCUT2D eigenvalue weighted by molar-refractivity contribution is -0.131. The number of hydrogen-bond donors (Lipinski definition) is 0. The predicted molar refractivity (Wildman–Crippen MR) is 106 cm³/mol. The zero-order valence-corrected chi connectivity index (χ0v) is 17.0. The van der Waals surface area contributed by atoms with Crippen molar-refractivity contribution in [3.63, 3.8) is 0 Å². The van der Waals surface area contributed by atoms with E-state index in [9.17, 15) is 4.79 Å². The number of carbonyl (C=O) groups is 1. The Bertz CT molecular complexity index is 655. The molecule has 1 aromatic rings. The normalized spacial score (nSPS) is 24.4. The van der Waals surface area contributed by atoms with Crippen LogP contribution >= 0.6 is 0 Å². The Morgan fingerprint density at radius 2 is 2.07 bits per heavy atom. The standard InChI is InChI=1S/C19H32N6O2/c1-22(2)16-6-9-20-18(21-16)25-12-11-23(3)19(15-25)7-5-17(26)24(10-8-19)13-14-27-4/h6,9H,5,7-8,10-15H2,1-4H3/t19-/m1/s1. The summed E-state index contributed by atoms with van der Waals surface area (Å²) < 4.78 is 5.16. The Labute approximate surface area is 162 Å². The van der Waals surface area contributed by atoms with Gasteiger partial charge in [0.15, 0.2) is 0 Å². The fourth-order valence-corrected chi connectivity index (χ4v) is 4.04. The van der Waals surface area contributed by atoms with Gasteiger partial charge in [0.05, 0.1) is 6.61 Å². The van der Waals surface area contributed by atoms with E-state index in [1.165, 1.54) is 0 Å². The van der Waals surface area contributed by atoms with Crippen molar-refractivity contribution in [3.05, 3.63) is 12.3 Å². The molecule has 2 saturated heterocycles. The van der Waals surface area contributed by atoms with Crippen molar-refractivity contribution in [2.24, 2.45) is 0 Å². The van der Waals surface area contributed by atoms with Crippen LogP contribution in [0, 0.1) is 0 Å². The van der Waals surface area contributed by atoms with Gasteiger partial charge in [-0.05, 0) is 26.0 Å². The highest BCUT2D eigenvalue weighted by molar-refractivity contribution is 5.76. The number of likely N-dealkylation sites (tertiary alicyclic amines) is 1. The van der Waals surface area contributed by atoms with Gasteiger partial charge < -0.3 is 19.4 Å². The van der Waals surface area contributed by atoms with E-state index in [4.69, 9.17) is 9.72 Å². The Morgan fingerprint density at radius 1 is 1.26 bits per heavy atom.